The summed E-state index contributed by atoms with van der Waals surface area (Å²) in [6, 6.07) is -0.0920. The fourth-order valence-corrected chi connectivity index (χ4v) is 2.32. The first-order valence-corrected chi connectivity index (χ1v) is 6.16. The molecule has 0 radical (unpaired) electrons. The number of amides is 2. The van der Waals surface area contributed by atoms with E-state index in [1.807, 2.05) is 0 Å². The smallest absolute Gasteiger partial charge is 0.333 e. The Labute approximate surface area is 76.8 Å². The minimum absolute atomic E-state index is 0.0460. The van der Waals surface area contributed by atoms with Crippen LogP contribution in [0.1, 0.15) is 12.8 Å². The maximum absolute atomic E-state index is 10.3. The number of primary amides is 2. The predicted octanol–water partition coefficient (Wildman–Crippen LogP) is -1.84. The Morgan fingerprint density at radius 1 is 1.00 bits per heavy atom. The van der Waals surface area contributed by atoms with Crippen LogP contribution in [0.3, 0.4) is 0 Å². The summed E-state index contributed by atoms with van der Waals surface area (Å²) in [4.78, 5) is 39.2. The highest BCUT2D eigenvalue weighted by molar-refractivity contribution is 6.65. The van der Waals surface area contributed by atoms with Crippen molar-refractivity contribution in [3.05, 3.63) is 0 Å². The third kappa shape index (κ3) is 7.44. The van der Waals surface area contributed by atoms with E-state index in [1.54, 1.807) is 0 Å². The third-order valence-corrected chi connectivity index (χ3v) is 3.65. The molecule has 0 spiro atoms. The quantitative estimate of drug-likeness (QED) is 0.381. The first-order chi connectivity index (χ1) is 5.83. The fraction of sp³-hybridized carbons (Fsp3) is 0.667. The maximum atomic E-state index is 10.3. The first kappa shape index (κ1) is 12.1. The van der Waals surface area contributed by atoms with E-state index in [1.165, 1.54) is 0 Å². The Balaban J connectivity index is 3.79. The van der Waals surface area contributed by atoms with Crippen LogP contribution < -0.4 is 11.5 Å². The lowest BCUT2D eigenvalue weighted by Crippen LogP contribution is -2.36. The summed E-state index contributed by atoms with van der Waals surface area (Å²) in [7, 11) is -3.43. The Bertz CT molecular complexity index is 187. The van der Waals surface area contributed by atoms with Crippen LogP contribution in [0.15, 0.2) is 0 Å². The molecule has 0 atom stereocenters. The van der Waals surface area contributed by atoms with Crippen LogP contribution in [0.25, 0.3) is 0 Å². The lowest BCUT2D eigenvalue weighted by atomic mass is 10.5. The minimum Gasteiger partial charge on any atom is -0.411 e. The Morgan fingerprint density at radius 3 is 1.54 bits per heavy atom. The number of carbonyl (C=O) groups is 2. The van der Waals surface area contributed by atoms with Crippen molar-refractivity contribution >= 4 is 20.4 Å². The zero-order chi connectivity index (χ0) is 10.5. The van der Waals surface area contributed by atoms with Crippen LogP contribution in [-0.4, -0.2) is 30.0 Å². The van der Waals surface area contributed by atoms with Crippen molar-refractivity contribution in [3.8, 4) is 0 Å². The van der Waals surface area contributed by atoms with Gasteiger partial charge in [-0.1, -0.05) is 0 Å². The van der Waals surface area contributed by atoms with E-state index in [0.717, 1.165) is 0 Å². The van der Waals surface area contributed by atoms with Gasteiger partial charge in [0.2, 0.25) is 11.8 Å². The molecule has 0 aromatic rings. The zero-order valence-electron chi connectivity index (χ0n) is 7.19. The highest BCUT2D eigenvalue weighted by atomic mass is 28.4. The molecule has 0 aromatic carbocycles. The van der Waals surface area contributed by atoms with Crippen molar-refractivity contribution in [2.24, 2.45) is 11.5 Å². The van der Waals surface area contributed by atoms with Crippen molar-refractivity contribution in [2.75, 3.05) is 0 Å². The van der Waals surface area contributed by atoms with E-state index >= 15 is 0 Å². The summed E-state index contributed by atoms with van der Waals surface area (Å²) >= 11 is 0. The number of carbonyl (C=O) groups excluding carboxylic acids is 2. The van der Waals surface area contributed by atoms with Gasteiger partial charge in [0.1, 0.15) is 0 Å². The van der Waals surface area contributed by atoms with Crippen LogP contribution in [0.4, 0.5) is 0 Å². The van der Waals surface area contributed by atoms with Gasteiger partial charge >= 0.3 is 8.56 Å². The summed E-state index contributed by atoms with van der Waals surface area (Å²) in [6.07, 6.45) is -0.143. The van der Waals surface area contributed by atoms with Gasteiger partial charge in [0.05, 0.1) is 0 Å². The van der Waals surface area contributed by atoms with E-state index in [0.29, 0.717) is 0 Å². The van der Waals surface area contributed by atoms with Crippen LogP contribution >= 0.6 is 0 Å². The molecule has 13 heavy (non-hydrogen) atoms. The van der Waals surface area contributed by atoms with Crippen molar-refractivity contribution < 1.29 is 19.2 Å². The van der Waals surface area contributed by atoms with E-state index in [2.05, 4.69) is 0 Å². The van der Waals surface area contributed by atoms with Crippen molar-refractivity contribution in [1.29, 1.82) is 0 Å². The summed E-state index contributed by atoms with van der Waals surface area (Å²) < 4.78 is 0. The van der Waals surface area contributed by atoms with E-state index in [-0.39, 0.29) is 24.9 Å². The number of hydrogen-bond donors (Lipinski definition) is 4. The molecule has 7 heteroatoms. The van der Waals surface area contributed by atoms with Crippen LogP contribution in [0.2, 0.25) is 12.1 Å². The van der Waals surface area contributed by atoms with Gasteiger partial charge in [-0.25, -0.2) is 0 Å². The Hall–Kier alpha value is -0.923. The molecule has 6 N–H and O–H groups in total. The van der Waals surface area contributed by atoms with E-state index in [4.69, 9.17) is 11.5 Å². The van der Waals surface area contributed by atoms with Gasteiger partial charge in [0.25, 0.3) is 0 Å². The van der Waals surface area contributed by atoms with Crippen LogP contribution in [0.5, 0.6) is 0 Å². The third-order valence-electron chi connectivity index (χ3n) is 1.54. The average Bonchev–Trinajstić information content (AvgIpc) is 1.98. The topological polar surface area (TPSA) is 127 Å². The summed E-state index contributed by atoms with van der Waals surface area (Å²) in [6.45, 7) is 0. The SMILES string of the molecule is NC(=O)CC[Si](O)(O)CCC(N)=O. The number of rotatable bonds is 6. The molecular weight excluding hydrogens is 192 g/mol. The molecule has 0 bridgehead atoms. The normalized spacial score (nSPS) is 11.2. The first-order valence-electron chi connectivity index (χ1n) is 3.85. The maximum Gasteiger partial charge on any atom is 0.333 e. The molecule has 0 rings (SSSR count). The monoisotopic (exact) mass is 206 g/mol. The van der Waals surface area contributed by atoms with E-state index in [9.17, 15) is 19.2 Å². The second-order valence-corrected chi connectivity index (χ2v) is 5.88. The molecule has 0 aliphatic heterocycles. The molecule has 0 saturated heterocycles. The largest absolute Gasteiger partial charge is 0.411 e. The highest BCUT2D eigenvalue weighted by Gasteiger charge is 2.29. The van der Waals surface area contributed by atoms with Gasteiger partial charge in [-0.2, -0.15) is 0 Å². The van der Waals surface area contributed by atoms with Gasteiger partial charge in [-0.3, -0.25) is 9.59 Å². The van der Waals surface area contributed by atoms with Crippen LogP contribution in [-0.2, 0) is 9.59 Å². The van der Waals surface area contributed by atoms with Crippen molar-refractivity contribution in [1.82, 2.24) is 0 Å². The summed E-state index contributed by atoms with van der Waals surface area (Å²) in [5.41, 5.74) is 9.65. The van der Waals surface area contributed by atoms with Gasteiger partial charge in [0, 0.05) is 12.8 Å². The molecule has 76 valence electrons. The molecule has 0 aliphatic rings. The highest BCUT2D eigenvalue weighted by Crippen LogP contribution is 2.12. The minimum atomic E-state index is -3.43. The van der Waals surface area contributed by atoms with Crippen molar-refractivity contribution in [3.63, 3.8) is 0 Å². The molecular formula is C6H14N2O4Si. The Morgan fingerprint density at radius 2 is 1.31 bits per heavy atom. The molecule has 0 fully saturated rings. The number of hydrogen-bond acceptors (Lipinski definition) is 4. The molecule has 0 aliphatic carbocycles. The van der Waals surface area contributed by atoms with Crippen LogP contribution in [0, 0.1) is 0 Å². The lowest BCUT2D eigenvalue weighted by molar-refractivity contribution is -0.118. The molecule has 0 heterocycles. The lowest BCUT2D eigenvalue weighted by Gasteiger charge is -2.15. The second-order valence-electron chi connectivity index (χ2n) is 2.92. The molecule has 0 saturated carbocycles. The van der Waals surface area contributed by atoms with Gasteiger partial charge in [-0.05, 0) is 12.1 Å². The van der Waals surface area contributed by atoms with E-state index < -0.39 is 20.4 Å². The van der Waals surface area contributed by atoms with Crippen molar-refractivity contribution in [2.45, 2.75) is 24.9 Å². The molecule has 6 nitrogen and oxygen atoms in total. The number of nitrogens with two attached hydrogens (primary N) is 2. The molecule has 0 unspecified atom stereocenters. The standard InChI is InChI=1S/C6H14N2O4Si/c7-5(9)1-3-13(11,12)4-2-6(8)10/h11-12H,1-4H2,(H2,7,9)(H2,8,10). The fourth-order valence-electron chi connectivity index (χ4n) is 0.772. The molecule has 2 amide bonds. The summed E-state index contributed by atoms with van der Waals surface area (Å²) in [5.74, 6) is -1.17. The molecule has 0 aromatic heterocycles. The second kappa shape index (κ2) is 4.95. The zero-order valence-corrected chi connectivity index (χ0v) is 8.19. The van der Waals surface area contributed by atoms with Gasteiger partial charge in [0.15, 0.2) is 0 Å². The predicted molar refractivity (Wildman–Crippen MR) is 47.4 cm³/mol. The summed E-state index contributed by atoms with van der Waals surface area (Å²) in [5, 5.41) is 0. The average molecular weight is 206 g/mol. The Kier molecular flexibility index (Phi) is 4.60. The van der Waals surface area contributed by atoms with Gasteiger partial charge < -0.3 is 21.1 Å². The van der Waals surface area contributed by atoms with Gasteiger partial charge in [-0.15, -0.1) is 0 Å².